The average molecular weight is 304 g/mol. The lowest BCUT2D eigenvalue weighted by atomic mass is 10.1. The molecule has 21 heavy (non-hydrogen) atoms. The largest absolute Gasteiger partial charge is 0.486 e. The summed E-state index contributed by atoms with van der Waals surface area (Å²) in [5.74, 6) is 1.39. The first kappa shape index (κ1) is 16.0. The summed E-state index contributed by atoms with van der Waals surface area (Å²) >= 11 is 1.74. The molecule has 0 unspecified atom stereocenters. The Bertz CT molecular complexity index is 605. The van der Waals surface area contributed by atoms with Crippen molar-refractivity contribution in [2.75, 3.05) is 7.05 Å². The van der Waals surface area contributed by atoms with E-state index in [-0.39, 0.29) is 0 Å². The predicted molar refractivity (Wildman–Crippen MR) is 89.2 cm³/mol. The van der Waals surface area contributed by atoms with Crippen LogP contribution in [0.4, 0.5) is 0 Å². The van der Waals surface area contributed by atoms with E-state index in [1.165, 1.54) is 16.1 Å². The van der Waals surface area contributed by atoms with Gasteiger partial charge < -0.3 is 10.1 Å². The van der Waals surface area contributed by atoms with E-state index in [4.69, 9.17) is 9.72 Å². The van der Waals surface area contributed by atoms with Crippen LogP contribution in [-0.2, 0) is 13.2 Å². The van der Waals surface area contributed by atoms with Crippen LogP contribution in [0.15, 0.2) is 18.2 Å². The third-order valence-electron chi connectivity index (χ3n) is 3.35. The third kappa shape index (κ3) is 4.05. The molecule has 0 saturated heterocycles. The normalized spacial score (nSPS) is 11.1. The number of nitrogens with one attached hydrogen (secondary N) is 1. The van der Waals surface area contributed by atoms with Crippen LogP contribution >= 0.6 is 11.3 Å². The van der Waals surface area contributed by atoms with Crippen LogP contribution in [0.25, 0.3) is 0 Å². The summed E-state index contributed by atoms with van der Waals surface area (Å²) in [7, 11) is 1.97. The van der Waals surface area contributed by atoms with Gasteiger partial charge in [-0.25, -0.2) is 4.98 Å². The molecule has 0 saturated carbocycles. The first-order chi connectivity index (χ1) is 10.0. The minimum Gasteiger partial charge on any atom is -0.486 e. The highest BCUT2D eigenvalue weighted by molar-refractivity contribution is 7.11. The van der Waals surface area contributed by atoms with Crippen molar-refractivity contribution in [2.24, 2.45) is 0 Å². The van der Waals surface area contributed by atoms with Crippen LogP contribution in [0.5, 0.6) is 5.75 Å². The van der Waals surface area contributed by atoms with Crippen molar-refractivity contribution >= 4 is 11.3 Å². The second-order valence-corrected chi connectivity index (χ2v) is 6.83. The third-order valence-corrected chi connectivity index (χ3v) is 4.40. The lowest BCUT2D eigenvalue weighted by Crippen LogP contribution is -2.06. The Hall–Kier alpha value is -1.39. The molecule has 0 aliphatic carbocycles. The Labute approximate surface area is 131 Å². The fraction of sp³-hybridized carbons (Fsp3) is 0.471. The quantitative estimate of drug-likeness (QED) is 0.869. The van der Waals surface area contributed by atoms with E-state index >= 15 is 0 Å². The molecule has 0 fully saturated rings. The number of aryl methyl sites for hydroxylation is 2. The molecule has 0 atom stereocenters. The van der Waals surface area contributed by atoms with E-state index in [1.807, 2.05) is 7.05 Å². The maximum Gasteiger partial charge on any atom is 0.140 e. The Morgan fingerprint density at radius 2 is 2.05 bits per heavy atom. The SMILES string of the molecule is CNCc1sc(COc2cc(C)ccc2C)nc1C(C)C. The highest BCUT2D eigenvalue weighted by Crippen LogP contribution is 2.27. The number of nitrogens with zero attached hydrogens (tertiary/aromatic N) is 1. The van der Waals surface area contributed by atoms with Crippen molar-refractivity contribution in [2.45, 2.75) is 46.8 Å². The van der Waals surface area contributed by atoms with Gasteiger partial charge in [0.05, 0.1) is 5.69 Å². The molecular formula is C17H24N2OS. The van der Waals surface area contributed by atoms with Gasteiger partial charge in [-0.1, -0.05) is 26.0 Å². The molecule has 0 radical (unpaired) electrons. The van der Waals surface area contributed by atoms with E-state index in [9.17, 15) is 0 Å². The van der Waals surface area contributed by atoms with Gasteiger partial charge in [-0.3, -0.25) is 0 Å². The van der Waals surface area contributed by atoms with Gasteiger partial charge in [-0.05, 0) is 44.0 Å². The zero-order valence-electron chi connectivity index (χ0n) is 13.5. The van der Waals surface area contributed by atoms with Crippen molar-refractivity contribution < 1.29 is 4.74 Å². The molecule has 0 amide bonds. The molecule has 114 valence electrons. The van der Waals surface area contributed by atoms with Gasteiger partial charge >= 0.3 is 0 Å². The van der Waals surface area contributed by atoms with Crippen LogP contribution in [0.1, 0.15) is 46.5 Å². The summed E-state index contributed by atoms with van der Waals surface area (Å²) in [6, 6.07) is 6.28. The van der Waals surface area contributed by atoms with Gasteiger partial charge in [0.25, 0.3) is 0 Å². The average Bonchev–Trinajstić information content (AvgIpc) is 2.84. The standard InChI is InChI=1S/C17H24N2OS/c1-11(2)17-15(9-18-5)21-16(19-17)10-20-14-8-12(3)6-7-13(14)4/h6-8,11,18H,9-10H2,1-5H3. The van der Waals surface area contributed by atoms with Gasteiger partial charge in [-0.15, -0.1) is 11.3 Å². The number of hydrogen-bond donors (Lipinski definition) is 1. The van der Waals surface area contributed by atoms with Crippen molar-refractivity contribution in [3.8, 4) is 5.75 Å². The minimum absolute atomic E-state index is 0.444. The zero-order chi connectivity index (χ0) is 15.4. The van der Waals surface area contributed by atoms with E-state index in [2.05, 4.69) is 51.2 Å². The highest BCUT2D eigenvalue weighted by atomic mass is 32.1. The number of rotatable bonds is 6. The van der Waals surface area contributed by atoms with Crippen LogP contribution in [-0.4, -0.2) is 12.0 Å². The lowest BCUT2D eigenvalue weighted by molar-refractivity contribution is 0.303. The molecule has 0 spiro atoms. The fourth-order valence-corrected chi connectivity index (χ4v) is 3.37. The molecule has 1 aromatic heterocycles. The monoisotopic (exact) mass is 304 g/mol. The Morgan fingerprint density at radius 3 is 2.71 bits per heavy atom. The number of aromatic nitrogens is 1. The highest BCUT2D eigenvalue weighted by Gasteiger charge is 2.14. The zero-order valence-corrected chi connectivity index (χ0v) is 14.3. The van der Waals surface area contributed by atoms with Gasteiger partial charge in [0.1, 0.15) is 17.4 Å². The molecule has 0 aliphatic rings. The molecule has 1 N–H and O–H groups in total. The van der Waals surface area contributed by atoms with Crippen molar-refractivity contribution in [3.05, 3.63) is 44.9 Å². The van der Waals surface area contributed by atoms with Gasteiger partial charge in [0.2, 0.25) is 0 Å². The number of hydrogen-bond acceptors (Lipinski definition) is 4. The summed E-state index contributed by atoms with van der Waals surface area (Å²) in [4.78, 5) is 6.06. The number of benzene rings is 1. The van der Waals surface area contributed by atoms with E-state index < -0.39 is 0 Å². The molecular weight excluding hydrogens is 280 g/mol. The van der Waals surface area contributed by atoms with Gasteiger partial charge in [-0.2, -0.15) is 0 Å². The number of ether oxygens (including phenoxy) is 1. The van der Waals surface area contributed by atoms with Crippen LogP contribution in [0, 0.1) is 13.8 Å². The molecule has 2 aromatic rings. The van der Waals surface area contributed by atoms with Crippen molar-refractivity contribution in [3.63, 3.8) is 0 Å². The molecule has 0 bridgehead atoms. The van der Waals surface area contributed by atoms with Crippen LogP contribution < -0.4 is 10.1 Å². The Balaban J connectivity index is 2.12. The molecule has 2 rings (SSSR count). The summed E-state index contributed by atoms with van der Waals surface area (Å²) in [5, 5.41) is 4.26. The van der Waals surface area contributed by atoms with E-state index in [0.717, 1.165) is 22.9 Å². The smallest absolute Gasteiger partial charge is 0.140 e. The predicted octanol–water partition coefficient (Wildman–Crippen LogP) is 4.18. The Kier molecular flexibility index (Phi) is 5.37. The summed E-state index contributed by atoms with van der Waals surface area (Å²) < 4.78 is 5.96. The van der Waals surface area contributed by atoms with Crippen molar-refractivity contribution in [1.29, 1.82) is 0 Å². The fourth-order valence-electron chi connectivity index (χ4n) is 2.22. The first-order valence-corrected chi connectivity index (χ1v) is 8.16. The van der Waals surface area contributed by atoms with E-state index in [1.54, 1.807) is 11.3 Å². The lowest BCUT2D eigenvalue weighted by Gasteiger charge is -2.08. The molecule has 0 aliphatic heterocycles. The van der Waals surface area contributed by atoms with Crippen LogP contribution in [0.3, 0.4) is 0 Å². The molecule has 3 nitrogen and oxygen atoms in total. The topological polar surface area (TPSA) is 34.1 Å². The van der Waals surface area contributed by atoms with Crippen molar-refractivity contribution in [1.82, 2.24) is 10.3 Å². The summed E-state index contributed by atoms with van der Waals surface area (Å²) in [6.45, 7) is 9.93. The molecule has 4 heteroatoms. The molecule has 1 heterocycles. The van der Waals surface area contributed by atoms with Crippen LogP contribution in [0.2, 0.25) is 0 Å². The van der Waals surface area contributed by atoms with Gasteiger partial charge in [0.15, 0.2) is 0 Å². The minimum atomic E-state index is 0.444. The first-order valence-electron chi connectivity index (χ1n) is 7.34. The summed E-state index contributed by atoms with van der Waals surface area (Å²) in [6.07, 6.45) is 0. The number of thiazole rings is 1. The maximum absolute atomic E-state index is 5.96. The van der Waals surface area contributed by atoms with Gasteiger partial charge in [0, 0.05) is 11.4 Å². The Morgan fingerprint density at radius 1 is 1.29 bits per heavy atom. The maximum atomic E-state index is 5.96. The second kappa shape index (κ2) is 7.05. The molecule has 1 aromatic carbocycles. The second-order valence-electron chi connectivity index (χ2n) is 5.66. The van der Waals surface area contributed by atoms with E-state index in [0.29, 0.717) is 12.5 Å². The summed E-state index contributed by atoms with van der Waals surface area (Å²) in [5.41, 5.74) is 3.57.